The number of amides is 3. The van der Waals surface area contributed by atoms with Crippen LogP contribution in [0.25, 0.3) is 21.8 Å². The Bertz CT molecular complexity index is 1730. The summed E-state index contributed by atoms with van der Waals surface area (Å²) >= 11 is 0. The molecule has 4 aromatic rings. The van der Waals surface area contributed by atoms with Crippen LogP contribution in [-0.4, -0.2) is 71.5 Å². The summed E-state index contributed by atoms with van der Waals surface area (Å²) in [5.74, 6) is -0.577. The second kappa shape index (κ2) is 13.1. The van der Waals surface area contributed by atoms with Crippen molar-refractivity contribution in [1.29, 1.82) is 0 Å². The van der Waals surface area contributed by atoms with Crippen molar-refractivity contribution in [2.24, 2.45) is 5.41 Å². The number of rotatable bonds is 9. The van der Waals surface area contributed by atoms with E-state index in [1.54, 1.807) is 32.3 Å². The molecular formula is C33H40N8O4. The molecule has 4 N–H and O–H groups in total. The normalized spacial score (nSPS) is 16.3. The molecule has 2 aromatic heterocycles. The minimum absolute atomic E-state index is 0.236. The molecule has 3 amide bonds. The number of fused-ring (bicyclic) bond motifs is 2. The maximum atomic E-state index is 14.6. The van der Waals surface area contributed by atoms with Gasteiger partial charge in [0.15, 0.2) is 0 Å². The number of nitrogens with zero attached hydrogens (tertiary/aromatic N) is 4. The van der Waals surface area contributed by atoms with Gasteiger partial charge in [-0.2, -0.15) is 0 Å². The fourth-order valence-electron chi connectivity index (χ4n) is 5.37. The largest absolute Gasteiger partial charge is 0.494 e. The highest BCUT2D eigenvalue weighted by Gasteiger charge is 2.42. The fraction of sp³-hybridized carbons (Fsp3) is 0.394. The molecule has 0 unspecified atom stereocenters. The number of hydrogen-bond acceptors (Lipinski definition) is 10. The van der Waals surface area contributed by atoms with E-state index in [1.165, 1.54) is 13.4 Å². The second-order valence-electron chi connectivity index (χ2n) is 12.3. The summed E-state index contributed by atoms with van der Waals surface area (Å²) in [4.78, 5) is 56.3. The van der Waals surface area contributed by atoms with E-state index in [4.69, 9.17) is 4.74 Å². The summed E-state index contributed by atoms with van der Waals surface area (Å²) in [7, 11) is 3.15. The van der Waals surface area contributed by atoms with Crippen molar-refractivity contribution < 1.29 is 19.1 Å². The second-order valence-corrected chi connectivity index (χ2v) is 12.3. The van der Waals surface area contributed by atoms with E-state index in [2.05, 4.69) is 36.2 Å². The molecule has 236 valence electrons. The van der Waals surface area contributed by atoms with Crippen LogP contribution >= 0.6 is 0 Å². The van der Waals surface area contributed by atoms with Gasteiger partial charge in [-0.1, -0.05) is 26.8 Å². The van der Waals surface area contributed by atoms with Gasteiger partial charge in [-0.05, 0) is 69.1 Å². The van der Waals surface area contributed by atoms with E-state index in [0.29, 0.717) is 29.7 Å². The van der Waals surface area contributed by atoms with E-state index >= 15 is 0 Å². The lowest BCUT2D eigenvalue weighted by molar-refractivity contribution is -0.134. The summed E-state index contributed by atoms with van der Waals surface area (Å²) in [6.07, 6.45) is 4.57. The van der Waals surface area contributed by atoms with Gasteiger partial charge in [0.05, 0.1) is 35.9 Å². The number of carbonyl (C=O) groups is 3. The number of nitrogens with one attached hydrogen (secondary N) is 4. The zero-order valence-corrected chi connectivity index (χ0v) is 26.5. The smallest absolute Gasteiger partial charge is 0.257 e. The predicted molar refractivity (Wildman–Crippen MR) is 175 cm³/mol. The first-order valence-electron chi connectivity index (χ1n) is 15.0. The van der Waals surface area contributed by atoms with Crippen molar-refractivity contribution in [2.75, 3.05) is 30.9 Å². The zero-order chi connectivity index (χ0) is 32.3. The highest BCUT2D eigenvalue weighted by Crippen LogP contribution is 2.38. The SMILES string of the molecule is CN[C@@H](C)C(=O)N[C@H](C(=O)N(C(=O)[C@@H]1CCCN1)c1cc2c(Nc3ccc4ncccc4c3)ncnc2cc1OC)C(C)(C)C. The van der Waals surface area contributed by atoms with Crippen LogP contribution in [0.2, 0.25) is 0 Å². The third kappa shape index (κ3) is 6.71. The monoisotopic (exact) mass is 612 g/mol. The highest BCUT2D eigenvalue weighted by atomic mass is 16.5. The van der Waals surface area contributed by atoms with Gasteiger partial charge in [0.25, 0.3) is 11.8 Å². The number of hydrogen-bond donors (Lipinski definition) is 4. The molecule has 0 aliphatic carbocycles. The first kappa shape index (κ1) is 31.7. The Kier molecular flexibility index (Phi) is 9.26. The van der Waals surface area contributed by atoms with E-state index < -0.39 is 35.4 Å². The Labute approximate surface area is 262 Å². The van der Waals surface area contributed by atoms with Crippen molar-refractivity contribution in [3.05, 3.63) is 55.0 Å². The number of carbonyl (C=O) groups excluding carboxylic acids is 3. The number of anilines is 3. The van der Waals surface area contributed by atoms with Crippen LogP contribution in [0, 0.1) is 5.41 Å². The van der Waals surface area contributed by atoms with Crippen LogP contribution in [-0.2, 0) is 14.4 Å². The van der Waals surface area contributed by atoms with Gasteiger partial charge in [-0.15, -0.1) is 0 Å². The summed E-state index contributed by atoms with van der Waals surface area (Å²) < 4.78 is 5.75. The Hall–Kier alpha value is -4.68. The molecule has 45 heavy (non-hydrogen) atoms. The van der Waals surface area contributed by atoms with Crippen molar-refractivity contribution in [3.63, 3.8) is 0 Å². The van der Waals surface area contributed by atoms with Crippen molar-refractivity contribution in [3.8, 4) is 5.75 Å². The number of ether oxygens (including phenoxy) is 1. The summed E-state index contributed by atoms with van der Waals surface area (Å²) in [6, 6.07) is 10.9. The molecular weight excluding hydrogens is 572 g/mol. The Morgan fingerprint density at radius 3 is 2.56 bits per heavy atom. The lowest BCUT2D eigenvalue weighted by Gasteiger charge is -2.36. The van der Waals surface area contributed by atoms with Gasteiger partial charge in [0.2, 0.25) is 5.91 Å². The van der Waals surface area contributed by atoms with Crippen LogP contribution in [0.3, 0.4) is 0 Å². The zero-order valence-electron chi connectivity index (χ0n) is 26.5. The highest BCUT2D eigenvalue weighted by molar-refractivity contribution is 6.20. The average Bonchev–Trinajstić information content (AvgIpc) is 3.58. The lowest BCUT2D eigenvalue weighted by Crippen LogP contribution is -2.60. The molecule has 0 radical (unpaired) electrons. The van der Waals surface area contributed by atoms with E-state index in [9.17, 15) is 14.4 Å². The van der Waals surface area contributed by atoms with Crippen LogP contribution < -0.4 is 30.9 Å². The molecule has 5 rings (SSSR count). The minimum atomic E-state index is -1.03. The van der Waals surface area contributed by atoms with E-state index in [-0.39, 0.29) is 17.3 Å². The number of likely N-dealkylation sites (N-methyl/N-ethyl adjacent to an activating group) is 1. The molecule has 3 heterocycles. The van der Waals surface area contributed by atoms with Gasteiger partial charge >= 0.3 is 0 Å². The molecule has 12 heteroatoms. The molecule has 1 saturated heterocycles. The molecule has 1 aliphatic rings. The number of pyridine rings is 1. The Balaban J connectivity index is 1.63. The molecule has 12 nitrogen and oxygen atoms in total. The summed E-state index contributed by atoms with van der Waals surface area (Å²) in [6.45, 7) is 7.92. The molecule has 1 aliphatic heterocycles. The predicted octanol–water partition coefficient (Wildman–Crippen LogP) is 3.68. The first-order chi connectivity index (χ1) is 21.5. The topological polar surface area (TPSA) is 150 Å². The number of imide groups is 1. The number of aromatic nitrogens is 3. The van der Waals surface area contributed by atoms with Crippen molar-refractivity contribution >= 4 is 56.7 Å². The first-order valence-corrected chi connectivity index (χ1v) is 15.0. The molecule has 0 bridgehead atoms. The van der Waals surface area contributed by atoms with Crippen LogP contribution in [0.15, 0.2) is 55.0 Å². The van der Waals surface area contributed by atoms with Crippen LogP contribution in [0.4, 0.5) is 17.2 Å². The van der Waals surface area contributed by atoms with Gasteiger partial charge in [0, 0.05) is 28.7 Å². The molecule has 0 spiro atoms. The van der Waals surface area contributed by atoms with E-state index in [0.717, 1.165) is 27.9 Å². The van der Waals surface area contributed by atoms with Gasteiger partial charge < -0.3 is 26.0 Å². The Morgan fingerprint density at radius 2 is 1.87 bits per heavy atom. The molecule has 2 aromatic carbocycles. The van der Waals surface area contributed by atoms with Gasteiger partial charge in [-0.3, -0.25) is 19.4 Å². The quantitative estimate of drug-likeness (QED) is 0.220. The number of benzene rings is 2. The fourth-order valence-corrected chi connectivity index (χ4v) is 5.37. The van der Waals surface area contributed by atoms with Crippen LogP contribution in [0.5, 0.6) is 5.75 Å². The van der Waals surface area contributed by atoms with Crippen molar-refractivity contribution in [1.82, 2.24) is 30.9 Å². The van der Waals surface area contributed by atoms with Crippen LogP contribution in [0.1, 0.15) is 40.5 Å². The molecule has 1 fully saturated rings. The summed E-state index contributed by atoms with van der Waals surface area (Å²) in [5, 5.41) is 13.9. The van der Waals surface area contributed by atoms with E-state index in [1.807, 2.05) is 51.1 Å². The molecule has 3 atom stereocenters. The standard InChI is InChI=1S/C33H40N8O4/c1-19(34-5)30(42)40-28(33(2,3)4)32(44)41(31(43)24-10-8-14-36-24)26-16-22-25(17-27(26)45-6)37-18-38-29(22)39-21-11-12-23-20(15-21)9-7-13-35-23/h7,9,11-13,15-19,24,28,34,36H,8,10,14H2,1-6H3,(H,40,42)(H,37,38,39)/t19-,24-,28+/m0/s1. The minimum Gasteiger partial charge on any atom is -0.494 e. The van der Waals surface area contributed by atoms with Crippen molar-refractivity contribution in [2.45, 2.75) is 58.7 Å². The van der Waals surface area contributed by atoms with Gasteiger partial charge in [0.1, 0.15) is 23.9 Å². The maximum Gasteiger partial charge on any atom is 0.257 e. The summed E-state index contributed by atoms with van der Waals surface area (Å²) in [5.41, 5.74) is 1.70. The average molecular weight is 613 g/mol. The maximum absolute atomic E-state index is 14.6. The number of methoxy groups -OCH3 is 1. The van der Waals surface area contributed by atoms with Gasteiger partial charge in [-0.25, -0.2) is 14.9 Å². The Morgan fingerprint density at radius 1 is 1.07 bits per heavy atom. The third-order valence-corrected chi connectivity index (χ3v) is 8.07. The molecule has 0 saturated carbocycles. The lowest BCUT2D eigenvalue weighted by atomic mass is 9.85. The third-order valence-electron chi connectivity index (χ3n) is 8.07.